The molecule has 0 atom stereocenters. The molecule has 0 fully saturated rings. The van der Waals surface area contributed by atoms with E-state index in [-0.39, 0.29) is 0 Å². The fraction of sp³-hybridized carbons (Fsp3) is 0. The Morgan fingerprint density at radius 2 is 0.750 bits per heavy atom. The summed E-state index contributed by atoms with van der Waals surface area (Å²) in [5, 5.41) is 7.64. The molecule has 5 nitrogen and oxygen atoms in total. The molecule has 9 aromatic rings. The predicted molar refractivity (Wildman–Crippen MR) is 195 cm³/mol. The summed E-state index contributed by atoms with van der Waals surface area (Å²) in [6.07, 6.45) is 7.01. The SMILES string of the molecule is c1cc(-c2cccc(-c3nc(-c4ccncc4)nc(-c4cccnc4)n3)c2)cc(-c2ccc3c4ccccc4c4ccccc4c3c2)c1. The van der Waals surface area contributed by atoms with E-state index in [0.29, 0.717) is 17.5 Å². The van der Waals surface area contributed by atoms with Crippen LogP contribution in [0.15, 0.2) is 164 Å². The van der Waals surface area contributed by atoms with E-state index in [1.54, 1.807) is 24.8 Å². The molecule has 0 saturated carbocycles. The molecule has 224 valence electrons. The zero-order chi connectivity index (χ0) is 31.9. The average Bonchev–Trinajstić information content (AvgIpc) is 3.18. The van der Waals surface area contributed by atoms with Crippen molar-refractivity contribution in [2.45, 2.75) is 0 Å². The van der Waals surface area contributed by atoms with Crippen molar-refractivity contribution in [3.8, 4) is 56.4 Å². The Labute approximate surface area is 277 Å². The summed E-state index contributed by atoms with van der Waals surface area (Å²) in [4.78, 5) is 23.0. The van der Waals surface area contributed by atoms with Gasteiger partial charge in [0, 0.05) is 41.5 Å². The fourth-order valence-electron chi connectivity index (χ4n) is 6.56. The third kappa shape index (κ3) is 4.95. The summed E-state index contributed by atoms with van der Waals surface area (Å²) in [6.45, 7) is 0. The highest BCUT2D eigenvalue weighted by Gasteiger charge is 2.14. The van der Waals surface area contributed by atoms with Crippen LogP contribution in [-0.4, -0.2) is 24.9 Å². The summed E-state index contributed by atoms with van der Waals surface area (Å²) >= 11 is 0. The van der Waals surface area contributed by atoms with E-state index in [4.69, 9.17) is 15.0 Å². The maximum atomic E-state index is 4.90. The standard InChI is InChI=1S/C43H27N5/c1-2-15-37-35(13-1)36-14-3-4-16-38(36)40-26-32(17-18-39(37)40)30-9-5-8-29(24-30)31-10-6-11-33(25-31)42-46-41(28-19-22-44-23-20-28)47-43(48-42)34-12-7-21-45-27-34/h1-27H. The molecule has 0 radical (unpaired) electrons. The Morgan fingerprint density at radius 3 is 1.35 bits per heavy atom. The van der Waals surface area contributed by atoms with Crippen molar-refractivity contribution >= 4 is 32.3 Å². The van der Waals surface area contributed by atoms with Gasteiger partial charge in [-0.15, -0.1) is 0 Å². The second kappa shape index (κ2) is 11.6. The van der Waals surface area contributed by atoms with Gasteiger partial charge in [0.15, 0.2) is 17.5 Å². The molecule has 3 aromatic heterocycles. The van der Waals surface area contributed by atoms with Crippen LogP contribution in [0.3, 0.4) is 0 Å². The molecule has 6 aromatic carbocycles. The van der Waals surface area contributed by atoms with E-state index in [0.717, 1.165) is 33.4 Å². The first kappa shape index (κ1) is 27.7. The normalized spacial score (nSPS) is 11.3. The maximum absolute atomic E-state index is 4.90. The summed E-state index contributed by atoms with van der Waals surface area (Å²) in [5.74, 6) is 1.76. The smallest absolute Gasteiger partial charge is 0.165 e. The number of aromatic nitrogens is 5. The first-order chi connectivity index (χ1) is 23.8. The molecule has 0 amide bonds. The Balaban J connectivity index is 1.14. The van der Waals surface area contributed by atoms with Crippen LogP contribution in [-0.2, 0) is 0 Å². The van der Waals surface area contributed by atoms with Crippen molar-refractivity contribution < 1.29 is 0 Å². The van der Waals surface area contributed by atoms with Crippen molar-refractivity contribution in [3.63, 3.8) is 0 Å². The minimum atomic E-state index is 0.573. The Hall–Kier alpha value is -6.59. The summed E-state index contributed by atoms with van der Waals surface area (Å²) < 4.78 is 0. The third-order valence-electron chi connectivity index (χ3n) is 8.89. The van der Waals surface area contributed by atoms with Crippen molar-refractivity contribution in [2.75, 3.05) is 0 Å². The van der Waals surface area contributed by atoms with Gasteiger partial charge in [0.1, 0.15) is 0 Å². The second-order valence-electron chi connectivity index (χ2n) is 11.8. The molecule has 9 rings (SSSR count). The zero-order valence-corrected chi connectivity index (χ0v) is 25.8. The fourth-order valence-corrected chi connectivity index (χ4v) is 6.56. The highest BCUT2D eigenvalue weighted by Crippen LogP contribution is 2.38. The number of hydrogen-bond donors (Lipinski definition) is 0. The van der Waals surface area contributed by atoms with E-state index in [1.807, 2.05) is 30.3 Å². The molecule has 48 heavy (non-hydrogen) atoms. The van der Waals surface area contributed by atoms with Crippen molar-refractivity contribution in [1.82, 2.24) is 24.9 Å². The van der Waals surface area contributed by atoms with Crippen LogP contribution in [0.5, 0.6) is 0 Å². The first-order valence-corrected chi connectivity index (χ1v) is 15.9. The number of rotatable bonds is 5. The molecule has 0 aliphatic carbocycles. The number of fused-ring (bicyclic) bond motifs is 6. The average molecular weight is 614 g/mol. The summed E-state index contributed by atoms with van der Waals surface area (Å²) in [5.41, 5.74) is 7.16. The summed E-state index contributed by atoms with van der Waals surface area (Å²) in [7, 11) is 0. The van der Waals surface area contributed by atoms with E-state index in [9.17, 15) is 0 Å². The van der Waals surface area contributed by atoms with Crippen molar-refractivity contribution in [2.24, 2.45) is 0 Å². The largest absolute Gasteiger partial charge is 0.265 e. The lowest BCUT2D eigenvalue weighted by Gasteiger charge is -2.13. The first-order valence-electron chi connectivity index (χ1n) is 15.9. The van der Waals surface area contributed by atoms with Crippen LogP contribution in [0.4, 0.5) is 0 Å². The van der Waals surface area contributed by atoms with E-state index < -0.39 is 0 Å². The lowest BCUT2D eigenvalue weighted by Crippen LogP contribution is -2.00. The number of hydrogen-bond acceptors (Lipinski definition) is 5. The molecule has 0 N–H and O–H groups in total. The highest BCUT2D eigenvalue weighted by molar-refractivity contribution is 6.25. The van der Waals surface area contributed by atoms with Crippen LogP contribution in [0.1, 0.15) is 0 Å². The van der Waals surface area contributed by atoms with Gasteiger partial charge in [0.05, 0.1) is 0 Å². The minimum absolute atomic E-state index is 0.573. The van der Waals surface area contributed by atoms with Gasteiger partial charge in [-0.3, -0.25) is 9.97 Å². The Morgan fingerprint density at radius 1 is 0.271 bits per heavy atom. The lowest BCUT2D eigenvalue weighted by molar-refractivity contribution is 1.07. The second-order valence-corrected chi connectivity index (χ2v) is 11.8. The van der Waals surface area contributed by atoms with Gasteiger partial charge in [-0.25, -0.2) is 15.0 Å². The molecule has 0 aliphatic rings. The van der Waals surface area contributed by atoms with Crippen LogP contribution in [0, 0.1) is 0 Å². The Kier molecular flexibility index (Phi) is 6.72. The summed E-state index contributed by atoms with van der Waals surface area (Å²) in [6, 6.07) is 49.0. The topological polar surface area (TPSA) is 64.5 Å². The highest BCUT2D eigenvalue weighted by atomic mass is 15.0. The van der Waals surface area contributed by atoms with Crippen LogP contribution in [0.25, 0.3) is 88.7 Å². The van der Waals surface area contributed by atoms with Gasteiger partial charge in [-0.2, -0.15) is 0 Å². The molecule has 0 saturated heterocycles. The molecular weight excluding hydrogens is 587 g/mol. The van der Waals surface area contributed by atoms with Crippen LogP contribution in [0.2, 0.25) is 0 Å². The maximum Gasteiger partial charge on any atom is 0.165 e. The monoisotopic (exact) mass is 613 g/mol. The zero-order valence-electron chi connectivity index (χ0n) is 25.8. The molecule has 3 heterocycles. The third-order valence-corrected chi connectivity index (χ3v) is 8.89. The molecule has 0 spiro atoms. The minimum Gasteiger partial charge on any atom is -0.265 e. The molecule has 0 aliphatic heterocycles. The number of nitrogens with zero attached hydrogens (tertiary/aromatic N) is 5. The van der Waals surface area contributed by atoms with Gasteiger partial charge in [-0.05, 0) is 97.0 Å². The van der Waals surface area contributed by atoms with Crippen LogP contribution >= 0.6 is 0 Å². The van der Waals surface area contributed by atoms with Gasteiger partial charge >= 0.3 is 0 Å². The van der Waals surface area contributed by atoms with E-state index in [2.05, 4.69) is 119 Å². The molecular formula is C43H27N5. The molecule has 0 unspecified atom stereocenters. The van der Waals surface area contributed by atoms with E-state index >= 15 is 0 Å². The number of benzene rings is 6. The number of pyridine rings is 2. The Bertz CT molecular complexity index is 2520. The van der Waals surface area contributed by atoms with Gasteiger partial charge in [0.2, 0.25) is 0 Å². The quantitative estimate of drug-likeness (QED) is 0.181. The van der Waals surface area contributed by atoms with Crippen molar-refractivity contribution in [1.29, 1.82) is 0 Å². The van der Waals surface area contributed by atoms with Gasteiger partial charge in [0.25, 0.3) is 0 Å². The molecule has 5 heteroatoms. The lowest BCUT2D eigenvalue weighted by atomic mass is 9.91. The van der Waals surface area contributed by atoms with Gasteiger partial charge in [-0.1, -0.05) is 97.1 Å². The van der Waals surface area contributed by atoms with Gasteiger partial charge < -0.3 is 0 Å². The van der Waals surface area contributed by atoms with Crippen molar-refractivity contribution in [3.05, 3.63) is 164 Å². The predicted octanol–water partition coefficient (Wildman–Crippen LogP) is 10.5. The molecule has 0 bridgehead atoms. The van der Waals surface area contributed by atoms with E-state index in [1.165, 1.54) is 37.9 Å². The van der Waals surface area contributed by atoms with Crippen LogP contribution < -0.4 is 0 Å².